The van der Waals surface area contributed by atoms with Crippen molar-refractivity contribution in [3.8, 4) is 0 Å². The molecule has 3 fully saturated rings. The van der Waals surface area contributed by atoms with E-state index in [0.717, 1.165) is 19.0 Å². The molecular formula is C19H36N4S. The number of nitrogens with one attached hydrogen (secondary N) is 1. The molecule has 2 aliphatic heterocycles. The molecule has 2 heterocycles. The van der Waals surface area contributed by atoms with Gasteiger partial charge < -0.3 is 15.1 Å². The Kier molecular flexibility index (Phi) is 7.14. The number of hydrogen-bond donors (Lipinski definition) is 1. The van der Waals surface area contributed by atoms with E-state index in [4.69, 9.17) is 0 Å². The molecule has 1 spiro atoms. The van der Waals surface area contributed by atoms with Gasteiger partial charge >= 0.3 is 0 Å². The molecule has 138 valence electrons. The first-order chi connectivity index (χ1) is 11.8. The van der Waals surface area contributed by atoms with E-state index in [-0.39, 0.29) is 0 Å². The lowest BCUT2D eigenvalue weighted by Crippen LogP contribution is -2.53. The summed E-state index contributed by atoms with van der Waals surface area (Å²) >= 11 is 2.23. The molecule has 0 bridgehead atoms. The molecule has 0 unspecified atom stereocenters. The SMILES string of the molecule is CN=C(NCCCCN1CCCC1)N1CCSC2(CCCCC2)C1. The number of nitrogens with zero attached hydrogens (tertiary/aromatic N) is 3. The van der Waals surface area contributed by atoms with Crippen molar-refractivity contribution >= 4 is 17.7 Å². The molecule has 0 aromatic heterocycles. The average molecular weight is 353 g/mol. The highest BCUT2D eigenvalue weighted by molar-refractivity contribution is 8.00. The quantitative estimate of drug-likeness (QED) is 0.468. The fourth-order valence-electron chi connectivity index (χ4n) is 4.52. The van der Waals surface area contributed by atoms with E-state index in [2.05, 4.69) is 31.9 Å². The second-order valence-corrected chi connectivity index (χ2v) is 9.31. The minimum absolute atomic E-state index is 0.518. The van der Waals surface area contributed by atoms with Crippen LogP contribution in [0.5, 0.6) is 0 Å². The van der Waals surface area contributed by atoms with E-state index in [1.165, 1.54) is 89.7 Å². The average Bonchev–Trinajstić information content (AvgIpc) is 3.12. The molecular weight excluding hydrogens is 316 g/mol. The third-order valence-electron chi connectivity index (χ3n) is 5.91. The van der Waals surface area contributed by atoms with Crippen LogP contribution in [0, 0.1) is 0 Å². The fraction of sp³-hybridized carbons (Fsp3) is 0.947. The smallest absolute Gasteiger partial charge is 0.193 e. The lowest BCUT2D eigenvalue weighted by molar-refractivity contribution is 0.292. The molecule has 0 radical (unpaired) electrons. The van der Waals surface area contributed by atoms with Gasteiger partial charge in [0.05, 0.1) is 0 Å². The van der Waals surface area contributed by atoms with E-state index in [1.807, 2.05) is 7.05 Å². The third kappa shape index (κ3) is 5.04. The Morgan fingerprint density at radius 1 is 1.04 bits per heavy atom. The fourth-order valence-corrected chi connectivity index (χ4v) is 6.09. The maximum atomic E-state index is 4.58. The van der Waals surface area contributed by atoms with Crippen molar-refractivity contribution in [1.82, 2.24) is 15.1 Å². The Hall–Kier alpha value is -0.420. The summed E-state index contributed by atoms with van der Waals surface area (Å²) < 4.78 is 0.518. The number of unbranched alkanes of at least 4 members (excludes halogenated alkanes) is 1. The van der Waals surface area contributed by atoms with E-state index < -0.39 is 0 Å². The Morgan fingerprint density at radius 2 is 1.83 bits per heavy atom. The van der Waals surface area contributed by atoms with Crippen LogP contribution in [-0.2, 0) is 0 Å². The van der Waals surface area contributed by atoms with Crippen LogP contribution in [0.3, 0.4) is 0 Å². The van der Waals surface area contributed by atoms with Crippen molar-refractivity contribution in [2.24, 2.45) is 4.99 Å². The Balaban J connectivity index is 1.38. The molecule has 1 N–H and O–H groups in total. The second kappa shape index (κ2) is 9.33. The van der Waals surface area contributed by atoms with Crippen molar-refractivity contribution in [3.05, 3.63) is 0 Å². The van der Waals surface area contributed by atoms with Crippen LogP contribution >= 0.6 is 11.8 Å². The summed E-state index contributed by atoms with van der Waals surface area (Å²) in [5.74, 6) is 2.40. The van der Waals surface area contributed by atoms with Gasteiger partial charge in [-0.3, -0.25) is 4.99 Å². The molecule has 0 aromatic carbocycles. The summed E-state index contributed by atoms with van der Waals surface area (Å²) in [6.07, 6.45) is 12.5. The number of rotatable bonds is 5. The Morgan fingerprint density at radius 3 is 2.58 bits per heavy atom. The van der Waals surface area contributed by atoms with Crippen LogP contribution in [0.25, 0.3) is 0 Å². The zero-order valence-corrected chi connectivity index (χ0v) is 16.4. The lowest BCUT2D eigenvalue weighted by Gasteiger charge is -2.45. The van der Waals surface area contributed by atoms with Gasteiger partial charge in [0.25, 0.3) is 0 Å². The zero-order chi connectivity index (χ0) is 16.7. The van der Waals surface area contributed by atoms with Gasteiger partial charge in [0.1, 0.15) is 0 Å². The first kappa shape index (κ1) is 18.4. The third-order valence-corrected chi connectivity index (χ3v) is 7.44. The summed E-state index contributed by atoms with van der Waals surface area (Å²) in [7, 11) is 1.95. The van der Waals surface area contributed by atoms with Gasteiger partial charge in [-0.25, -0.2) is 0 Å². The van der Waals surface area contributed by atoms with Gasteiger partial charge in [0, 0.05) is 37.2 Å². The summed E-state index contributed by atoms with van der Waals surface area (Å²) in [4.78, 5) is 9.72. The van der Waals surface area contributed by atoms with Crippen molar-refractivity contribution < 1.29 is 0 Å². The molecule has 4 nitrogen and oxygen atoms in total. The van der Waals surface area contributed by atoms with Gasteiger partial charge in [-0.15, -0.1) is 0 Å². The van der Waals surface area contributed by atoms with E-state index in [0.29, 0.717) is 4.75 Å². The highest BCUT2D eigenvalue weighted by Gasteiger charge is 2.38. The maximum absolute atomic E-state index is 4.58. The van der Waals surface area contributed by atoms with Crippen LogP contribution in [0.2, 0.25) is 0 Å². The number of thioether (sulfide) groups is 1. The number of likely N-dealkylation sites (tertiary alicyclic amines) is 1. The van der Waals surface area contributed by atoms with Crippen LogP contribution in [0.4, 0.5) is 0 Å². The van der Waals surface area contributed by atoms with Crippen LogP contribution in [-0.4, -0.2) is 72.6 Å². The highest BCUT2D eigenvalue weighted by atomic mass is 32.2. The van der Waals surface area contributed by atoms with Gasteiger partial charge in [-0.05, 0) is 58.2 Å². The van der Waals surface area contributed by atoms with Gasteiger partial charge in [0.15, 0.2) is 5.96 Å². The van der Waals surface area contributed by atoms with Gasteiger partial charge in [-0.1, -0.05) is 19.3 Å². The molecule has 1 aliphatic carbocycles. The predicted octanol–water partition coefficient (Wildman–Crippen LogP) is 3.19. The molecule has 2 saturated heterocycles. The number of hydrogen-bond acceptors (Lipinski definition) is 3. The van der Waals surface area contributed by atoms with E-state index >= 15 is 0 Å². The minimum atomic E-state index is 0.518. The summed E-state index contributed by atoms with van der Waals surface area (Å²) in [6.45, 7) is 7.34. The largest absolute Gasteiger partial charge is 0.356 e. The molecule has 3 rings (SSSR count). The summed E-state index contributed by atoms with van der Waals surface area (Å²) in [5, 5.41) is 3.63. The monoisotopic (exact) mass is 352 g/mol. The van der Waals surface area contributed by atoms with Crippen molar-refractivity contribution in [2.45, 2.75) is 62.5 Å². The van der Waals surface area contributed by atoms with E-state index in [1.54, 1.807) is 0 Å². The second-order valence-electron chi connectivity index (χ2n) is 7.74. The molecule has 24 heavy (non-hydrogen) atoms. The molecule has 1 saturated carbocycles. The highest BCUT2D eigenvalue weighted by Crippen LogP contribution is 2.42. The van der Waals surface area contributed by atoms with Crippen molar-refractivity contribution in [3.63, 3.8) is 0 Å². The predicted molar refractivity (Wildman–Crippen MR) is 106 cm³/mol. The van der Waals surface area contributed by atoms with Gasteiger partial charge in [0.2, 0.25) is 0 Å². The summed E-state index contributed by atoms with van der Waals surface area (Å²) in [6, 6.07) is 0. The minimum Gasteiger partial charge on any atom is -0.356 e. The topological polar surface area (TPSA) is 30.9 Å². The first-order valence-electron chi connectivity index (χ1n) is 10.1. The molecule has 0 aromatic rings. The van der Waals surface area contributed by atoms with Crippen molar-refractivity contribution in [2.75, 3.05) is 52.1 Å². The zero-order valence-electron chi connectivity index (χ0n) is 15.6. The maximum Gasteiger partial charge on any atom is 0.193 e. The number of guanidine groups is 1. The molecule has 5 heteroatoms. The standard InChI is InChI=1S/C19H36N4S/c1-20-18(21-11-5-6-12-22-13-7-8-14-22)23-15-16-24-19(17-23)9-3-2-4-10-19/h2-17H2,1H3,(H,20,21). The molecule has 0 atom stereocenters. The van der Waals surface area contributed by atoms with Crippen LogP contribution in [0.15, 0.2) is 4.99 Å². The molecule has 0 amide bonds. The van der Waals surface area contributed by atoms with Crippen LogP contribution < -0.4 is 5.32 Å². The van der Waals surface area contributed by atoms with Crippen molar-refractivity contribution in [1.29, 1.82) is 0 Å². The number of aliphatic imine (C=N–C) groups is 1. The van der Waals surface area contributed by atoms with Gasteiger partial charge in [-0.2, -0.15) is 11.8 Å². The molecule has 3 aliphatic rings. The lowest BCUT2D eigenvalue weighted by atomic mass is 9.87. The summed E-state index contributed by atoms with van der Waals surface area (Å²) in [5.41, 5.74) is 0. The van der Waals surface area contributed by atoms with Crippen LogP contribution in [0.1, 0.15) is 57.8 Å². The normalized spacial score (nSPS) is 25.4. The Bertz CT molecular complexity index is 395. The van der Waals surface area contributed by atoms with E-state index in [9.17, 15) is 0 Å². The Labute approximate surface area is 152 Å². The first-order valence-corrected chi connectivity index (χ1v) is 11.1.